The summed E-state index contributed by atoms with van der Waals surface area (Å²) in [5.41, 5.74) is 0.177. The fourth-order valence-corrected chi connectivity index (χ4v) is 1.39. The number of rotatable bonds is 8. The van der Waals surface area contributed by atoms with Crippen LogP contribution in [-0.2, 0) is 11.3 Å². The molecule has 1 N–H and O–H groups in total. The molecule has 1 rings (SSSR count). The van der Waals surface area contributed by atoms with Gasteiger partial charge in [-0.3, -0.25) is 0 Å². The van der Waals surface area contributed by atoms with Crippen molar-refractivity contribution < 1.29 is 23.4 Å². The molecule has 0 aliphatic rings. The van der Waals surface area contributed by atoms with Gasteiger partial charge in [0.1, 0.15) is 6.61 Å². The summed E-state index contributed by atoms with van der Waals surface area (Å²) in [6, 6.07) is 2.10. The number of ether oxygens (including phenoxy) is 2. The van der Waals surface area contributed by atoms with Gasteiger partial charge in [0.15, 0.2) is 17.4 Å². The fraction of sp³-hybridized carbons (Fsp3) is 0.538. The molecule has 0 spiro atoms. The molecule has 0 aliphatic carbocycles. The molecule has 1 aromatic rings. The van der Waals surface area contributed by atoms with Crippen LogP contribution in [0.5, 0.6) is 5.75 Å². The van der Waals surface area contributed by atoms with E-state index in [1.54, 1.807) is 0 Å². The minimum absolute atomic E-state index is 0.0933. The summed E-state index contributed by atoms with van der Waals surface area (Å²) in [5.74, 6) is -2.05. The Kier molecular flexibility index (Phi) is 6.60. The number of aliphatic hydroxyl groups excluding tert-OH is 1. The van der Waals surface area contributed by atoms with Crippen molar-refractivity contribution >= 4 is 0 Å². The zero-order valence-corrected chi connectivity index (χ0v) is 10.4. The van der Waals surface area contributed by atoms with Gasteiger partial charge in [0, 0.05) is 6.61 Å². The zero-order chi connectivity index (χ0) is 13.4. The van der Waals surface area contributed by atoms with Crippen molar-refractivity contribution in [2.75, 3.05) is 19.8 Å². The first-order valence-electron chi connectivity index (χ1n) is 5.98. The molecule has 3 nitrogen and oxygen atoms in total. The van der Waals surface area contributed by atoms with E-state index in [0.717, 1.165) is 25.0 Å². The Hall–Kier alpha value is -1.20. The van der Waals surface area contributed by atoms with Crippen LogP contribution in [-0.4, -0.2) is 24.9 Å². The van der Waals surface area contributed by atoms with E-state index < -0.39 is 24.0 Å². The monoisotopic (exact) mass is 260 g/mol. The van der Waals surface area contributed by atoms with Crippen LogP contribution >= 0.6 is 0 Å². The average molecular weight is 260 g/mol. The number of hydrogen-bond donors (Lipinski definition) is 1. The molecule has 0 radical (unpaired) electrons. The summed E-state index contributed by atoms with van der Waals surface area (Å²) in [6.45, 7) is 2.65. The highest BCUT2D eigenvalue weighted by Gasteiger charge is 2.12. The Morgan fingerprint density at radius 1 is 1.11 bits per heavy atom. The lowest BCUT2D eigenvalue weighted by Crippen LogP contribution is -2.09. The Labute approximate surface area is 105 Å². The van der Waals surface area contributed by atoms with E-state index in [-0.39, 0.29) is 12.2 Å². The van der Waals surface area contributed by atoms with Gasteiger partial charge >= 0.3 is 0 Å². The topological polar surface area (TPSA) is 38.7 Å². The van der Waals surface area contributed by atoms with E-state index in [0.29, 0.717) is 13.2 Å². The van der Waals surface area contributed by atoms with Crippen LogP contribution in [0.3, 0.4) is 0 Å². The van der Waals surface area contributed by atoms with Crippen LogP contribution in [0.4, 0.5) is 8.78 Å². The summed E-state index contributed by atoms with van der Waals surface area (Å²) >= 11 is 0. The first kappa shape index (κ1) is 14.9. The first-order chi connectivity index (χ1) is 8.69. The second-order valence-corrected chi connectivity index (χ2v) is 3.86. The molecule has 0 saturated heterocycles. The van der Waals surface area contributed by atoms with Gasteiger partial charge in [0.25, 0.3) is 0 Å². The molecular weight excluding hydrogens is 242 g/mol. The predicted octanol–water partition coefficient (Wildman–Crippen LogP) is 2.65. The quantitative estimate of drug-likeness (QED) is 0.730. The van der Waals surface area contributed by atoms with Crippen LogP contribution in [0.15, 0.2) is 12.1 Å². The molecule has 0 unspecified atom stereocenters. The highest BCUT2D eigenvalue weighted by atomic mass is 19.1. The minimum Gasteiger partial charge on any atom is -0.485 e. The maximum atomic E-state index is 13.4. The van der Waals surface area contributed by atoms with Crippen LogP contribution in [0.1, 0.15) is 25.3 Å². The predicted molar refractivity (Wildman–Crippen MR) is 63.5 cm³/mol. The van der Waals surface area contributed by atoms with Gasteiger partial charge in [-0.05, 0) is 24.1 Å². The Balaban J connectivity index is 2.42. The van der Waals surface area contributed by atoms with E-state index >= 15 is 0 Å². The molecule has 0 aliphatic heterocycles. The summed E-state index contributed by atoms with van der Waals surface area (Å²) in [4.78, 5) is 0. The molecule has 1 aromatic carbocycles. The van der Waals surface area contributed by atoms with Crippen molar-refractivity contribution in [2.24, 2.45) is 0 Å². The van der Waals surface area contributed by atoms with Crippen LogP contribution in [0.25, 0.3) is 0 Å². The van der Waals surface area contributed by atoms with Gasteiger partial charge < -0.3 is 14.6 Å². The van der Waals surface area contributed by atoms with Crippen molar-refractivity contribution in [3.63, 3.8) is 0 Å². The summed E-state index contributed by atoms with van der Waals surface area (Å²) in [5, 5.41) is 8.78. The standard InChI is InChI=1S/C13H18F2O3/c1-2-3-4-17-5-6-18-13-11(14)7-10(9-16)8-12(13)15/h7-8,16H,2-6,9H2,1H3. The summed E-state index contributed by atoms with van der Waals surface area (Å²) in [6.07, 6.45) is 1.99. The van der Waals surface area contributed by atoms with Crippen molar-refractivity contribution in [3.05, 3.63) is 29.3 Å². The van der Waals surface area contributed by atoms with Crippen LogP contribution < -0.4 is 4.74 Å². The molecule has 102 valence electrons. The number of aliphatic hydroxyl groups is 1. The Morgan fingerprint density at radius 2 is 1.78 bits per heavy atom. The third-order valence-electron chi connectivity index (χ3n) is 2.36. The van der Waals surface area contributed by atoms with E-state index in [1.165, 1.54) is 0 Å². The largest absolute Gasteiger partial charge is 0.485 e. The average Bonchev–Trinajstić information content (AvgIpc) is 2.35. The fourth-order valence-electron chi connectivity index (χ4n) is 1.39. The van der Waals surface area contributed by atoms with Gasteiger partial charge in [-0.2, -0.15) is 0 Å². The van der Waals surface area contributed by atoms with Gasteiger partial charge in [-0.25, -0.2) is 8.78 Å². The molecule has 0 heterocycles. The second-order valence-electron chi connectivity index (χ2n) is 3.86. The first-order valence-corrected chi connectivity index (χ1v) is 5.98. The Morgan fingerprint density at radius 3 is 2.33 bits per heavy atom. The van der Waals surface area contributed by atoms with Gasteiger partial charge in [-0.15, -0.1) is 0 Å². The van der Waals surface area contributed by atoms with E-state index in [1.807, 2.05) is 6.92 Å². The SMILES string of the molecule is CCCCOCCOc1c(F)cc(CO)cc1F. The maximum absolute atomic E-state index is 13.4. The maximum Gasteiger partial charge on any atom is 0.190 e. The molecule has 5 heteroatoms. The van der Waals surface area contributed by atoms with Crippen molar-refractivity contribution in [1.29, 1.82) is 0 Å². The van der Waals surface area contributed by atoms with E-state index in [4.69, 9.17) is 14.6 Å². The smallest absolute Gasteiger partial charge is 0.190 e. The van der Waals surface area contributed by atoms with Gasteiger partial charge in [0.05, 0.1) is 13.2 Å². The molecule has 0 aromatic heterocycles. The van der Waals surface area contributed by atoms with Gasteiger partial charge in [0.2, 0.25) is 0 Å². The molecule has 18 heavy (non-hydrogen) atoms. The van der Waals surface area contributed by atoms with Crippen molar-refractivity contribution in [2.45, 2.75) is 26.4 Å². The molecule has 0 bridgehead atoms. The van der Waals surface area contributed by atoms with Crippen LogP contribution in [0, 0.1) is 11.6 Å². The van der Waals surface area contributed by atoms with E-state index in [9.17, 15) is 8.78 Å². The third-order valence-corrected chi connectivity index (χ3v) is 2.36. The minimum atomic E-state index is -0.812. The highest BCUT2D eigenvalue weighted by molar-refractivity contribution is 5.31. The normalized spacial score (nSPS) is 10.7. The molecule has 0 fully saturated rings. The zero-order valence-electron chi connectivity index (χ0n) is 10.4. The van der Waals surface area contributed by atoms with E-state index in [2.05, 4.69) is 0 Å². The molecule has 0 atom stereocenters. The molecule has 0 saturated carbocycles. The molecular formula is C13H18F2O3. The number of benzene rings is 1. The highest BCUT2D eigenvalue weighted by Crippen LogP contribution is 2.23. The van der Waals surface area contributed by atoms with Crippen LogP contribution in [0.2, 0.25) is 0 Å². The lowest BCUT2D eigenvalue weighted by molar-refractivity contribution is 0.0951. The Bertz CT molecular complexity index is 346. The lowest BCUT2D eigenvalue weighted by Gasteiger charge is -2.09. The lowest BCUT2D eigenvalue weighted by atomic mass is 10.2. The van der Waals surface area contributed by atoms with Crippen molar-refractivity contribution in [3.8, 4) is 5.75 Å². The van der Waals surface area contributed by atoms with Crippen molar-refractivity contribution in [1.82, 2.24) is 0 Å². The summed E-state index contributed by atoms with van der Waals surface area (Å²) in [7, 11) is 0. The number of hydrogen-bond acceptors (Lipinski definition) is 3. The second kappa shape index (κ2) is 8.00. The third kappa shape index (κ3) is 4.58. The number of unbranched alkanes of at least 4 members (excludes halogenated alkanes) is 1. The molecule has 0 amide bonds. The summed E-state index contributed by atoms with van der Waals surface area (Å²) < 4.78 is 37.0. The number of halogens is 2. The van der Waals surface area contributed by atoms with Gasteiger partial charge in [-0.1, -0.05) is 13.3 Å².